The molecule has 0 saturated heterocycles. The molecule has 1 aliphatic carbocycles. The second kappa shape index (κ2) is 11.5. The van der Waals surface area contributed by atoms with E-state index in [-0.39, 0.29) is 5.41 Å². The minimum absolute atomic E-state index is 0.139. The van der Waals surface area contributed by atoms with E-state index in [1.807, 2.05) is 60.7 Å². The van der Waals surface area contributed by atoms with Crippen LogP contribution in [0.25, 0.3) is 94.3 Å². The molecule has 0 aliphatic heterocycles. The van der Waals surface area contributed by atoms with Gasteiger partial charge in [-0.2, -0.15) is 0 Å². The lowest BCUT2D eigenvalue weighted by atomic mass is 9.82. The number of benzene rings is 8. The average molecular weight is 691 g/mol. The highest BCUT2D eigenvalue weighted by atomic mass is 15.0. The molecule has 0 saturated carbocycles. The second-order valence-corrected chi connectivity index (χ2v) is 14.9. The van der Waals surface area contributed by atoms with Gasteiger partial charge >= 0.3 is 0 Å². The lowest BCUT2D eigenvalue weighted by Crippen LogP contribution is -2.15. The Kier molecular flexibility index (Phi) is 6.56. The Labute approximate surface area is 313 Å². The number of para-hydroxylation sites is 1. The van der Waals surface area contributed by atoms with E-state index in [1.165, 1.54) is 60.2 Å². The first kappa shape index (κ1) is 30.7. The minimum Gasteiger partial charge on any atom is -0.309 e. The fraction of sp³-hybridized carbons (Fsp3) is 0.0600. The van der Waals surface area contributed by atoms with E-state index in [0.29, 0.717) is 17.5 Å². The highest BCUT2D eigenvalue weighted by Crippen LogP contribution is 2.53. The standard InChI is InChI=1S/C50H34N4/c1-50(2)41-27-25-31-14-9-10-20-37(31)46(41)40-29-39-38-21-11-12-22-44(38)54(45(39)30-42(40)50)43-23-13-19-34-28-35(24-26-36(34)43)49-52-47(32-15-5-3-6-16-32)51-48(53-49)33-17-7-4-8-18-33/h3-30H,1-2H3. The number of aromatic nitrogens is 4. The Morgan fingerprint density at radius 1 is 0.407 bits per heavy atom. The van der Waals surface area contributed by atoms with Gasteiger partial charge in [0.1, 0.15) is 0 Å². The van der Waals surface area contributed by atoms with Gasteiger partial charge in [-0.05, 0) is 68.7 Å². The monoisotopic (exact) mass is 690 g/mol. The molecular weight excluding hydrogens is 657 g/mol. The maximum atomic E-state index is 5.02. The maximum absolute atomic E-state index is 5.02. The third-order valence-electron chi connectivity index (χ3n) is 11.4. The molecule has 0 N–H and O–H groups in total. The molecule has 8 aromatic carbocycles. The summed E-state index contributed by atoms with van der Waals surface area (Å²) in [5.41, 5.74) is 11.7. The fourth-order valence-corrected chi connectivity index (χ4v) is 8.76. The van der Waals surface area contributed by atoms with Gasteiger partial charge in [0.15, 0.2) is 17.5 Å². The minimum atomic E-state index is -0.139. The summed E-state index contributed by atoms with van der Waals surface area (Å²) < 4.78 is 2.47. The number of rotatable bonds is 4. The molecule has 0 bridgehead atoms. The first-order valence-electron chi connectivity index (χ1n) is 18.5. The van der Waals surface area contributed by atoms with Gasteiger partial charge in [-0.3, -0.25) is 0 Å². The van der Waals surface area contributed by atoms with Gasteiger partial charge in [-0.15, -0.1) is 0 Å². The number of hydrogen-bond acceptors (Lipinski definition) is 3. The first-order valence-corrected chi connectivity index (χ1v) is 18.5. The molecule has 0 fully saturated rings. The van der Waals surface area contributed by atoms with Crippen molar-refractivity contribution in [3.05, 3.63) is 181 Å². The summed E-state index contributed by atoms with van der Waals surface area (Å²) >= 11 is 0. The van der Waals surface area contributed by atoms with Gasteiger partial charge in [0, 0.05) is 38.3 Å². The molecule has 10 aromatic rings. The van der Waals surface area contributed by atoms with Crippen molar-refractivity contribution in [2.24, 2.45) is 0 Å². The predicted octanol–water partition coefficient (Wildman–Crippen LogP) is 12.6. The quantitative estimate of drug-likeness (QED) is 0.185. The zero-order valence-corrected chi connectivity index (χ0v) is 30.0. The van der Waals surface area contributed by atoms with Gasteiger partial charge in [-0.1, -0.05) is 153 Å². The molecular formula is C50H34N4. The Morgan fingerprint density at radius 2 is 1.04 bits per heavy atom. The van der Waals surface area contributed by atoms with E-state index in [9.17, 15) is 0 Å². The summed E-state index contributed by atoms with van der Waals surface area (Å²) in [6.07, 6.45) is 0. The van der Waals surface area contributed by atoms with Crippen molar-refractivity contribution < 1.29 is 0 Å². The van der Waals surface area contributed by atoms with Crippen LogP contribution in [0.5, 0.6) is 0 Å². The van der Waals surface area contributed by atoms with Crippen LogP contribution < -0.4 is 0 Å². The second-order valence-electron chi connectivity index (χ2n) is 14.9. The Bertz CT molecular complexity index is 3060. The lowest BCUT2D eigenvalue weighted by molar-refractivity contribution is 0.661. The normalized spacial score (nSPS) is 13.1. The van der Waals surface area contributed by atoms with E-state index in [0.717, 1.165) is 27.8 Å². The molecule has 0 radical (unpaired) electrons. The van der Waals surface area contributed by atoms with Crippen molar-refractivity contribution >= 4 is 43.4 Å². The summed E-state index contributed by atoms with van der Waals surface area (Å²) in [7, 11) is 0. The third-order valence-corrected chi connectivity index (χ3v) is 11.4. The van der Waals surface area contributed by atoms with E-state index < -0.39 is 0 Å². The zero-order valence-electron chi connectivity index (χ0n) is 30.0. The molecule has 2 aromatic heterocycles. The number of hydrogen-bond donors (Lipinski definition) is 0. The molecule has 0 atom stereocenters. The van der Waals surface area contributed by atoms with Crippen molar-refractivity contribution in [1.29, 1.82) is 0 Å². The van der Waals surface area contributed by atoms with Gasteiger partial charge in [0.05, 0.1) is 16.7 Å². The van der Waals surface area contributed by atoms with Crippen LogP contribution in [0.3, 0.4) is 0 Å². The molecule has 0 amide bonds. The van der Waals surface area contributed by atoms with Crippen LogP contribution in [0.1, 0.15) is 25.0 Å². The van der Waals surface area contributed by atoms with Crippen molar-refractivity contribution in [2.75, 3.05) is 0 Å². The number of fused-ring (bicyclic) bond motifs is 9. The van der Waals surface area contributed by atoms with E-state index in [1.54, 1.807) is 0 Å². The fourth-order valence-electron chi connectivity index (χ4n) is 8.76. The van der Waals surface area contributed by atoms with Crippen molar-refractivity contribution in [2.45, 2.75) is 19.3 Å². The highest BCUT2D eigenvalue weighted by Gasteiger charge is 2.37. The van der Waals surface area contributed by atoms with Crippen LogP contribution in [0.15, 0.2) is 170 Å². The average Bonchev–Trinajstić information content (AvgIpc) is 3.67. The number of nitrogens with zero attached hydrogens (tertiary/aromatic N) is 4. The van der Waals surface area contributed by atoms with Crippen LogP contribution in [0.2, 0.25) is 0 Å². The summed E-state index contributed by atoms with van der Waals surface area (Å²) in [6, 6.07) is 60.6. The van der Waals surface area contributed by atoms with Gasteiger partial charge in [0.25, 0.3) is 0 Å². The van der Waals surface area contributed by atoms with E-state index >= 15 is 0 Å². The van der Waals surface area contributed by atoms with Crippen LogP contribution in [-0.4, -0.2) is 19.5 Å². The zero-order chi connectivity index (χ0) is 36.0. The maximum Gasteiger partial charge on any atom is 0.164 e. The largest absolute Gasteiger partial charge is 0.309 e. The molecule has 0 spiro atoms. The Hall–Kier alpha value is -6.91. The Balaban J connectivity index is 1.11. The molecule has 2 heterocycles. The van der Waals surface area contributed by atoms with Crippen molar-refractivity contribution in [3.8, 4) is 51.0 Å². The predicted molar refractivity (Wildman–Crippen MR) is 223 cm³/mol. The topological polar surface area (TPSA) is 43.6 Å². The summed E-state index contributed by atoms with van der Waals surface area (Å²) in [5.74, 6) is 1.96. The molecule has 254 valence electrons. The van der Waals surface area contributed by atoms with Gasteiger partial charge < -0.3 is 4.57 Å². The summed E-state index contributed by atoms with van der Waals surface area (Å²) in [4.78, 5) is 14.9. The van der Waals surface area contributed by atoms with E-state index in [4.69, 9.17) is 15.0 Å². The lowest BCUT2D eigenvalue weighted by Gasteiger charge is -2.22. The summed E-state index contributed by atoms with van der Waals surface area (Å²) in [6.45, 7) is 4.75. The van der Waals surface area contributed by atoms with Crippen LogP contribution in [0.4, 0.5) is 0 Å². The van der Waals surface area contributed by atoms with Crippen LogP contribution >= 0.6 is 0 Å². The Morgan fingerprint density at radius 3 is 1.78 bits per heavy atom. The smallest absolute Gasteiger partial charge is 0.164 e. The molecule has 0 unspecified atom stereocenters. The molecule has 1 aliphatic rings. The molecule has 4 nitrogen and oxygen atoms in total. The molecule has 4 heteroatoms. The SMILES string of the molecule is CC1(C)c2cc3c(cc2-c2c1ccc1ccccc21)c1ccccc1n3-c1cccc2cc(-c3nc(-c4ccccc4)nc(-c4ccccc4)n3)ccc12. The van der Waals surface area contributed by atoms with Gasteiger partial charge in [-0.25, -0.2) is 15.0 Å². The molecule has 11 rings (SSSR count). The third kappa shape index (κ3) is 4.53. The highest BCUT2D eigenvalue weighted by molar-refractivity contribution is 6.14. The van der Waals surface area contributed by atoms with Crippen LogP contribution in [-0.2, 0) is 5.41 Å². The van der Waals surface area contributed by atoms with Crippen molar-refractivity contribution in [1.82, 2.24) is 19.5 Å². The van der Waals surface area contributed by atoms with Gasteiger partial charge in [0.2, 0.25) is 0 Å². The van der Waals surface area contributed by atoms with Crippen molar-refractivity contribution in [3.63, 3.8) is 0 Å². The van der Waals surface area contributed by atoms with Crippen LogP contribution in [0, 0.1) is 0 Å². The summed E-state index contributed by atoms with van der Waals surface area (Å²) in [5, 5.41) is 7.41. The first-order chi connectivity index (χ1) is 26.5. The van der Waals surface area contributed by atoms with E-state index in [2.05, 4.69) is 128 Å². The molecule has 54 heavy (non-hydrogen) atoms.